The van der Waals surface area contributed by atoms with E-state index in [0.29, 0.717) is 13.0 Å². The van der Waals surface area contributed by atoms with Crippen molar-refractivity contribution in [3.05, 3.63) is 23.4 Å². The molecular formula is C18H28N2O3. The van der Waals surface area contributed by atoms with E-state index in [0.717, 1.165) is 25.1 Å². The highest BCUT2D eigenvalue weighted by Gasteiger charge is 2.25. The van der Waals surface area contributed by atoms with Crippen LogP contribution in [0.3, 0.4) is 0 Å². The zero-order chi connectivity index (χ0) is 17.5. The molecule has 5 heteroatoms. The summed E-state index contributed by atoms with van der Waals surface area (Å²) in [5.41, 5.74) is 0.491. The number of hydrogen-bond donors (Lipinski definition) is 0. The summed E-state index contributed by atoms with van der Waals surface area (Å²) in [5.74, 6) is -0.584. The maximum Gasteiger partial charge on any atom is 0.349 e. The molecule has 5 nitrogen and oxygen atoms in total. The van der Waals surface area contributed by atoms with Crippen molar-refractivity contribution in [2.45, 2.75) is 58.7 Å². The molecule has 1 aliphatic rings. The molecular weight excluding hydrogens is 292 g/mol. The molecule has 1 rings (SSSR count). The van der Waals surface area contributed by atoms with Gasteiger partial charge < -0.3 is 14.4 Å². The van der Waals surface area contributed by atoms with Crippen LogP contribution in [0.2, 0.25) is 0 Å². The lowest BCUT2D eigenvalue weighted by atomic mass is 10.1. The van der Waals surface area contributed by atoms with Crippen molar-refractivity contribution >= 4 is 5.97 Å². The SMILES string of the molecule is CC(C)OCCC(C)(C)OC(=O)/C(C#N)=C\C=C1/CCCN1C. The van der Waals surface area contributed by atoms with Crippen LogP contribution in [0.15, 0.2) is 23.4 Å². The van der Waals surface area contributed by atoms with E-state index >= 15 is 0 Å². The molecule has 0 aliphatic carbocycles. The third-order valence-electron chi connectivity index (χ3n) is 3.72. The fraction of sp³-hybridized carbons (Fsp3) is 0.667. The van der Waals surface area contributed by atoms with Gasteiger partial charge in [-0.1, -0.05) is 0 Å². The Hall–Kier alpha value is -1.80. The third kappa shape index (κ3) is 6.87. The van der Waals surface area contributed by atoms with Crippen LogP contribution in [0.4, 0.5) is 0 Å². The first-order valence-electron chi connectivity index (χ1n) is 8.12. The first-order valence-corrected chi connectivity index (χ1v) is 8.12. The lowest BCUT2D eigenvalue weighted by Gasteiger charge is -2.25. The second-order valence-corrected chi connectivity index (χ2v) is 6.69. The maximum absolute atomic E-state index is 12.2. The Morgan fingerprint density at radius 3 is 2.70 bits per heavy atom. The molecule has 1 fully saturated rings. The number of esters is 1. The number of nitriles is 1. The highest BCUT2D eigenvalue weighted by molar-refractivity contribution is 5.93. The number of hydrogen-bond acceptors (Lipinski definition) is 5. The zero-order valence-corrected chi connectivity index (χ0v) is 14.9. The van der Waals surface area contributed by atoms with Gasteiger partial charge in [0.15, 0.2) is 0 Å². The van der Waals surface area contributed by atoms with Crippen LogP contribution in [0.5, 0.6) is 0 Å². The molecule has 0 atom stereocenters. The molecule has 0 radical (unpaired) electrons. The van der Waals surface area contributed by atoms with Gasteiger partial charge in [0.2, 0.25) is 0 Å². The molecule has 0 aromatic rings. The molecule has 0 bridgehead atoms. The number of rotatable bonds is 7. The molecule has 0 aromatic carbocycles. The Kier molecular flexibility index (Phi) is 7.31. The summed E-state index contributed by atoms with van der Waals surface area (Å²) in [7, 11) is 2.01. The first-order chi connectivity index (χ1) is 10.7. The van der Waals surface area contributed by atoms with Crippen molar-refractivity contribution in [3.8, 4) is 6.07 Å². The van der Waals surface area contributed by atoms with E-state index in [1.54, 1.807) is 6.08 Å². The van der Waals surface area contributed by atoms with Gasteiger partial charge in [0.05, 0.1) is 12.7 Å². The van der Waals surface area contributed by atoms with E-state index in [-0.39, 0.29) is 11.7 Å². The molecule has 0 aromatic heterocycles. The largest absolute Gasteiger partial charge is 0.455 e. The zero-order valence-electron chi connectivity index (χ0n) is 14.9. The summed E-state index contributed by atoms with van der Waals surface area (Å²) in [6.07, 6.45) is 6.19. The molecule has 0 spiro atoms. The number of carbonyl (C=O) groups is 1. The number of likely N-dealkylation sites (tertiary alicyclic amines) is 1. The Morgan fingerprint density at radius 2 is 2.17 bits per heavy atom. The van der Waals surface area contributed by atoms with Gasteiger partial charge in [-0.2, -0.15) is 5.26 Å². The molecule has 1 saturated heterocycles. The predicted molar refractivity (Wildman–Crippen MR) is 89.5 cm³/mol. The monoisotopic (exact) mass is 320 g/mol. The summed E-state index contributed by atoms with van der Waals surface area (Å²) < 4.78 is 10.9. The Balaban J connectivity index is 2.64. The number of carbonyl (C=O) groups excluding carboxylic acids is 1. The second-order valence-electron chi connectivity index (χ2n) is 6.69. The second kappa shape index (κ2) is 8.73. The minimum atomic E-state index is -0.667. The normalized spacial score (nSPS) is 17.7. The van der Waals surface area contributed by atoms with Gasteiger partial charge in [-0.15, -0.1) is 0 Å². The molecule has 0 amide bonds. The van der Waals surface area contributed by atoms with Gasteiger partial charge in [-0.3, -0.25) is 0 Å². The van der Waals surface area contributed by atoms with Crippen molar-refractivity contribution < 1.29 is 14.3 Å². The van der Waals surface area contributed by atoms with Crippen molar-refractivity contribution in [3.63, 3.8) is 0 Å². The van der Waals surface area contributed by atoms with Gasteiger partial charge >= 0.3 is 5.97 Å². The highest BCUT2D eigenvalue weighted by atomic mass is 16.6. The number of allylic oxidation sites excluding steroid dienone is 3. The van der Waals surface area contributed by atoms with E-state index < -0.39 is 11.6 Å². The topological polar surface area (TPSA) is 62.6 Å². The standard InChI is InChI=1S/C18H28N2O3/c1-14(2)22-12-10-18(3,4)23-17(21)15(13-19)8-9-16-7-6-11-20(16)5/h8-9,14H,6-7,10-12H2,1-5H3/b15-8-,16-9+. The van der Waals surface area contributed by atoms with Crippen LogP contribution in [0.25, 0.3) is 0 Å². The van der Waals surface area contributed by atoms with Crippen molar-refractivity contribution in [1.29, 1.82) is 5.26 Å². The Morgan fingerprint density at radius 1 is 1.48 bits per heavy atom. The van der Waals surface area contributed by atoms with Crippen LogP contribution >= 0.6 is 0 Å². The molecule has 0 saturated carbocycles. The van der Waals surface area contributed by atoms with E-state index in [1.165, 1.54) is 0 Å². The molecule has 128 valence electrons. The molecule has 1 aliphatic heterocycles. The van der Waals surface area contributed by atoms with Gasteiger partial charge in [0.1, 0.15) is 17.2 Å². The van der Waals surface area contributed by atoms with E-state index in [2.05, 4.69) is 4.90 Å². The summed E-state index contributed by atoms with van der Waals surface area (Å²) in [6.45, 7) is 9.10. The predicted octanol–water partition coefficient (Wildman–Crippen LogP) is 3.18. The Labute approximate surface area is 139 Å². The van der Waals surface area contributed by atoms with Crippen LogP contribution in [0, 0.1) is 11.3 Å². The number of ether oxygens (including phenoxy) is 2. The van der Waals surface area contributed by atoms with Crippen molar-refractivity contribution in [2.24, 2.45) is 0 Å². The first kappa shape index (κ1) is 19.2. The molecule has 1 heterocycles. The fourth-order valence-corrected chi connectivity index (χ4v) is 2.27. The summed E-state index contributed by atoms with van der Waals surface area (Å²) in [6, 6.07) is 1.93. The summed E-state index contributed by atoms with van der Waals surface area (Å²) in [5, 5.41) is 9.20. The van der Waals surface area contributed by atoms with Crippen LogP contribution in [-0.2, 0) is 14.3 Å². The van der Waals surface area contributed by atoms with Crippen LogP contribution in [-0.4, -0.2) is 42.8 Å². The van der Waals surface area contributed by atoms with Crippen molar-refractivity contribution in [1.82, 2.24) is 4.90 Å². The van der Waals surface area contributed by atoms with E-state index in [1.807, 2.05) is 46.9 Å². The number of nitrogens with zero attached hydrogens (tertiary/aromatic N) is 2. The average molecular weight is 320 g/mol. The summed E-state index contributed by atoms with van der Waals surface area (Å²) >= 11 is 0. The van der Waals surface area contributed by atoms with E-state index in [9.17, 15) is 10.1 Å². The van der Waals surface area contributed by atoms with Gasteiger partial charge in [0.25, 0.3) is 0 Å². The van der Waals surface area contributed by atoms with Gasteiger partial charge in [-0.25, -0.2) is 4.79 Å². The third-order valence-corrected chi connectivity index (χ3v) is 3.72. The summed E-state index contributed by atoms with van der Waals surface area (Å²) in [4.78, 5) is 14.3. The molecule has 0 unspecified atom stereocenters. The van der Waals surface area contributed by atoms with Crippen LogP contribution < -0.4 is 0 Å². The average Bonchev–Trinajstić information content (AvgIpc) is 2.83. The molecule has 0 N–H and O–H groups in total. The van der Waals surface area contributed by atoms with Gasteiger partial charge in [0, 0.05) is 25.7 Å². The lowest BCUT2D eigenvalue weighted by molar-refractivity contribution is -0.152. The quantitative estimate of drug-likeness (QED) is 0.409. The fourth-order valence-electron chi connectivity index (χ4n) is 2.27. The van der Waals surface area contributed by atoms with Gasteiger partial charge in [-0.05, 0) is 52.7 Å². The smallest absolute Gasteiger partial charge is 0.349 e. The highest BCUT2D eigenvalue weighted by Crippen LogP contribution is 2.20. The minimum absolute atomic E-state index is 0.0238. The van der Waals surface area contributed by atoms with Crippen LogP contribution in [0.1, 0.15) is 47.0 Å². The van der Waals surface area contributed by atoms with E-state index in [4.69, 9.17) is 9.47 Å². The lowest BCUT2D eigenvalue weighted by Crippen LogP contribution is -2.30. The minimum Gasteiger partial charge on any atom is -0.455 e. The Bertz CT molecular complexity index is 513. The van der Waals surface area contributed by atoms with Crippen molar-refractivity contribution in [2.75, 3.05) is 20.2 Å². The maximum atomic E-state index is 12.2. The molecule has 23 heavy (non-hydrogen) atoms.